The standard InChI is InChI=1S/C11H10N8S/c1-5-6(11(12-2)20-18-5)9-16-17-10-7-8(14-3-13-7)15-4-19(9)10/h3-4,12H,1-2H3,(H,13,14). The number of anilines is 1. The van der Waals surface area contributed by atoms with Gasteiger partial charge >= 0.3 is 0 Å². The van der Waals surface area contributed by atoms with E-state index in [1.165, 1.54) is 11.5 Å². The topological polar surface area (TPSA) is 96.7 Å². The minimum absolute atomic E-state index is 0.630. The molecule has 0 spiro atoms. The monoisotopic (exact) mass is 286 g/mol. The fourth-order valence-corrected chi connectivity index (χ4v) is 2.95. The summed E-state index contributed by atoms with van der Waals surface area (Å²) in [6.07, 6.45) is 3.28. The molecule has 4 rings (SSSR count). The molecule has 9 heteroatoms. The number of rotatable bonds is 2. The molecule has 8 nitrogen and oxygen atoms in total. The van der Waals surface area contributed by atoms with Gasteiger partial charge in [0.1, 0.15) is 16.8 Å². The van der Waals surface area contributed by atoms with Crippen molar-refractivity contribution in [3.8, 4) is 11.4 Å². The zero-order valence-corrected chi connectivity index (χ0v) is 11.6. The second-order valence-corrected chi connectivity index (χ2v) is 5.06. The van der Waals surface area contributed by atoms with Crippen molar-refractivity contribution in [1.82, 2.24) is 33.9 Å². The highest BCUT2D eigenvalue weighted by molar-refractivity contribution is 7.10. The molecule has 20 heavy (non-hydrogen) atoms. The highest BCUT2D eigenvalue weighted by Crippen LogP contribution is 2.33. The Morgan fingerprint density at radius 2 is 2.20 bits per heavy atom. The Hall–Kier alpha value is -2.55. The molecule has 0 aliphatic carbocycles. The first-order chi connectivity index (χ1) is 9.79. The Morgan fingerprint density at radius 3 is 3.05 bits per heavy atom. The SMILES string of the molecule is CNc1snc(C)c1-c1nnc2c3[nH]cnc3ncn12. The molecule has 4 heterocycles. The summed E-state index contributed by atoms with van der Waals surface area (Å²) in [5.74, 6) is 0.722. The Balaban J connectivity index is 2.07. The van der Waals surface area contributed by atoms with Crippen LogP contribution in [0.25, 0.3) is 28.2 Å². The molecule has 0 bridgehead atoms. The number of aromatic amines is 1. The van der Waals surface area contributed by atoms with E-state index in [-0.39, 0.29) is 0 Å². The second kappa shape index (κ2) is 3.97. The van der Waals surface area contributed by atoms with Crippen LogP contribution in [0.15, 0.2) is 12.7 Å². The van der Waals surface area contributed by atoms with Gasteiger partial charge in [-0.05, 0) is 18.5 Å². The first-order valence-electron chi connectivity index (χ1n) is 5.97. The summed E-state index contributed by atoms with van der Waals surface area (Å²) in [4.78, 5) is 11.5. The number of H-pyrrole nitrogens is 1. The lowest BCUT2D eigenvalue weighted by atomic mass is 10.2. The number of hydrogen-bond donors (Lipinski definition) is 2. The van der Waals surface area contributed by atoms with Crippen molar-refractivity contribution in [2.45, 2.75) is 6.92 Å². The Labute approximate surface area is 117 Å². The molecule has 0 saturated heterocycles. The van der Waals surface area contributed by atoms with Crippen LogP contribution in [0.5, 0.6) is 0 Å². The normalized spacial score (nSPS) is 11.5. The molecule has 0 aromatic carbocycles. The Bertz CT molecular complexity index is 917. The minimum Gasteiger partial charge on any atom is -0.378 e. The third-order valence-electron chi connectivity index (χ3n) is 3.15. The van der Waals surface area contributed by atoms with E-state index < -0.39 is 0 Å². The van der Waals surface area contributed by atoms with E-state index in [0.29, 0.717) is 11.3 Å². The molecule has 2 N–H and O–H groups in total. The van der Waals surface area contributed by atoms with Crippen LogP contribution in [0.4, 0.5) is 5.00 Å². The molecule has 0 amide bonds. The average Bonchev–Trinajstić information content (AvgIpc) is 3.14. The molecular weight excluding hydrogens is 276 g/mol. The first-order valence-corrected chi connectivity index (χ1v) is 6.74. The van der Waals surface area contributed by atoms with E-state index in [1.54, 1.807) is 12.7 Å². The van der Waals surface area contributed by atoms with Gasteiger partial charge < -0.3 is 10.3 Å². The summed E-state index contributed by atoms with van der Waals surface area (Å²) in [6.45, 7) is 1.95. The van der Waals surface area contributed by atoms with E-state index in [9.17, 15) is 0 Å². The van der Waals surface area contributed by atoms with Gasteiger partial charge in [-0.3, -0.25) is 4.40 Å². The van der Waals surface area contributed by atoms with Gasteiger partial charge in [0.25, 0.3) is 0 Å². The molecule has 0 atom stereocenters. The summed E-state index contributed by atoms with van der Waals surface area (Å²) in [6, 6.07) is 0. The van der Waals surface area contributed by atoms with Crippen LogP contribution in [-0.4, -0.2) is 41.0 Å². The van der Waals surface area contributed by atoms with E-state index >= 15 is 0 Å². The maximum atomic E-state index is 4.36. The van der Waals surface area contributed by atoms with Crippen LogP contribution in [0.1, 0.15) is 5.69 Å². The van der Waals surface area contributed by atoms with Gasteiger partial charge in [0.05, 0.1) is 17.6 Å². The highest BCUT2D eigenvalue weighted by Gasteiger charge is 2.19. The lowest BCUT2D eigenvalue weighted by Crippen LogP contribution is -1.95. The van der Waals surface area contributed by atoms with Gasteiger partial charge in [0.15, 0.2) is 17.1 Å². The van der Waals surface area contributed by atoms with Crippen LogP contribution in [0.2, 0.25) is 0 Å². The number of nitrogens with one attached hydrogen (secondary N) is 2. The maximum Gasteiger partial charge on any atom is 0.190 e. The summed E-state index contributed by atoms with van der Waals surface area (Å²) >= 11 is 1.41. The van der Waals surface area contributed by atoms with Gasteiger partial charge in [-0.15, -0.1) is 10.2 Å². The predicted octanol–water partition coefficient (Wildman–Crippen LogP) is 1.47. The average molecular weight is 286 g/mol. The lowest BCUT2D eigenvalue weighted by Gasteiger charge is -2.01. The summed E-state index contributed by atoms with van der Waals surface area (Å²) in [5.41, 5.74) is 3.97. The smallest absolute Gasteiger partial charge is 0.190 e. The molecular formula is C11H10N8S. The van der Waals surface area contributed by atoms with Gasteiger partial charge in [0, 0.05) is 7.05 Å². The van der Waals surface area contributed by atoms with E-state index in [4.69, 9.17) is 0 Å². The Morgan fingerprint density at radius 1 is 1.30 bits per heavy atom. The van der Waals surface area contributed by atoms with Crippen LogP contribution in [0, 0.1) is 6.92 Å². The largest absolute Gasteiger partial charge is 0.378 e. The molecule has 4 aromatic rings. The molecule has 0 aliphatic heterocycles. The summed E-state index contributed by atoms with van der Waals surface area (Å²) in [5, 5.41) is 12.6. The molecule has 0 aliphatic rings. The molecule has 0 unspecified atom stereocenters. The van der Waals surface area contributed by atoms with Crippen molar-refractivity contribution in [2.75, 3.05) is 12.4 Å². The van der Waals surface area contributed by atoms with Gasteiger partial charge in [-0.2, -0.15) is 4.37 Å². The van der Waals surface area contributed by atoms with Crippen LogP contribution in [-0.2, 0) is 0 Å². The van der Waals surface area contributed by atoms with Crippen molar-refractivity contribution in [3.63, 3.8) is 0 Å². The van der Waals surface area contributed by atoms with Gasteiger partial charge in [-0.1, -0.05) is 0 Å². The van der Waals surface area contributed by atoms with Crippen molar-refractivity contribution in [1.29, 1.82) is 0 Å². The highest BCUT2D eigenvalue weighted by atomic mass is 32.1. The zero-order chi connectivity index (χ0) is 13.7. The van der Waals surface area contributed by atoms with E-state index in [1.807, 2.05) is 18.4 Å². The van der Waals surface area contributed by atoms with E-state index in [2.05, 4.69) is 34.8 Å². The van der Waals surface area contributed by atoms with E-state index in [0.717, 1.165) is 27.6 Å². The molecule has 0 saturated carbocycles. The van der Waals surface area contributed by atoms with Gasteiger partial charge in [0.2, 0.25) is 0 Å². The predicted molar refractivity (Wildman–Crippen MR) is 75.8 cm³/mol. The number of aromatic nitrogens is 7. The van der Waals surface area contributed by atoms with Crippen molar-refractivity contribution < 1.29 is 0 Å². The zero-order valence-electron chi connectivity index (χ0n) is 10.7. The number of fused-ring (bicyclic) bond motifs is 3. The molecule has 100 valence electrons. The number of hydrogen-bond acceptors (Lipinski definition) is 7. The summed E-state index contributed by atoms with van der Waals surface area (Å²) in [7, 11) is 1.87. The number of nitrogens with zero attached hydrogens (tertiary/aromatic N) is 6. The quantitative estimate of drug-likeness (QED) is 0.579. The third kappa shape index (κ3) is 1.37. The minimum atomic E-state index is 0.630. The molecule has 0 fully saturated rings. The fraction of sp³-hybridized carbons (Fsp3) is 0.182. The maximum absolute atomic E-state index is 4.36. The second-order valence-electron chi connectivity index (χ2n) is 4.29. The molecule has 0 radical (unpaired) electrons. The van der Waals surface area contributed by atoms with Crippen LogP contribution < -0.4 is 5.32 Å². The third-order valence-corrected chi connectivity index (χ3v) is 4.10. The molecule has 4 aromatic heterocycles. The van der Waals surface area contributed by atoms with Gasteiger partial charge in [-0.25, -0.2) is 9.97 Å². The lowest BCUT2D eigenvalue weighted by molar-refractivity contribution is 1.08. The number of imidazole rings is 1. The fourth-order valence-electron chi connectivity index (χ4n) is 2.21. The number of aryl methyl sites for hydroxylation is 1. The van der Waals surface area contributed by atoms with Crippen molar-refractivity contribution in [2.24, 2.45) is 0 Å². The van der Waals surface area contributed by atoms with Crippen molar-refractivity contribution in [3.05, 3.63) is 18.3 Å². The summed E-state index contributed by atoms with van der Waals surface area (Å²) < 4.78 is 6.21. The Kier molecular flexibility index (Phi) is 2.24. The van der Waals surface area contributed by atoms with Crippen molar-refractivity contribution >= 4 is 33.3 Å². The first kappa shape index (κ1) is 11.3. The van der Waals surface area contributed by atoms with Crippen LogP contribution in [0.3, 0.4) is 0 Å². The van der Waals surface area contributed by atoms with Crippen LogP contribution >= 0.6 is 11.5 Å².